The van der Waals surface area contributed by atoms with E-state index in [4.69, 9.17) is 0 Å². The van der Waals surface area contributed by atoms with E-state index in [9.17, 15) is 9.18 Å². The average Bonchev–Trinajstić information content (AvgIpc) is 3.20. The summed E-state index contributed by atoms with van der Waals surface area (Å²) in [5, 5.41) is 11.3. The van der Waals surface area contributed by atoms with E-state index in [0.717, 1.165) is 0 Å². The molecular weight excluding hydrogens is 349 g/mol. The van der Waals surface area contributed by atoms with Crippen LogP contribution in [0.15, 0.2) is 42.7 Å². The lowest BCUT2D eigenvalue weighted by Gasteiger charge is -2.07. The number of anilines is 1. The van der Waals surface area contributed by atoms with Crippen molar-refractivity contribution in [1.82, 2.24) is 29.4 Å². The number of halogens is 1. The van der Waals surface area contributed by atoms with Crippen LogP contribution in [0.4, 0.5) is 10.1 Å². The maximum atomic E-state index is 13.9. The predicted octanol–water partition coefficient (Wildman–Crippen LogP) is 2.38. The highest BCUT2D eigenvalue weighted by atomic mass is 19.1. The number of amides is 1. The first kappa shape index (κ1) is 16.8. The lowest BCUT2D eigenvalue weighted by atomic mass is 10.2. The van der Waals surface area contributed by atoms with Gasteiger partial charge in [0, 0.05) is 18.0 Å². The highest BCUT2D eigenvalue weighted by molar-refractivity contribution is 6.02. The molecule has 0 aliphatic heterocycles. The number of carbonyl (C=O) groups excluding carboxylic acids is 1. The van der Waals surface area contributed by atoms with Crippen molar-refractivity contribution in [1.29, 1.82) is 0 Å². The van der Waals surface area contributed by atoms with Crippen LogP contribution in [0.5, 0.6) is 0 Å². The third kappa shape index (κ3) is 3.14. The van der Waals surface area contributed by atoms with Gasteiger partial charge in [0.15, 0.2) is 0 Å². The zero-order chi connectivity index (χ0) is 19.0. The number of hydrogen-bond acceptors (Lipinski definition) is 5. The van der Waals surface area contributed by atoms with Crippen LogP contribution >= 0.6 is 0 Å². The molecule has 0 bridgehead atoms. The molecule has 0 aliphatic rings. The minimum Gasteiger partial charge on any atom is -0.316 e. The Labute approximate surface area is 153 Å². The van der Waals surface area contributed by atoms with Gasteiger partial charge >= 0.3 is 0 Å². The van der Waals surface area contributed by atoms with Crippen molar-refractivity contribution < 1.29 is 9.18 Å². The van der Waals surface area contributed by atoms with Crippen LogP contribution in [0.3, 0.4) is 0 Å². The number of benzene rings is 1. The summed E-state index contributed by atoms with van der Waals surface area (Å²) >= 11 is 0. The van der Waals surface area contributed by atoms with Gasteiger partial charge in [-0.25, -0.2) is 13.9 Å². The van der Waals surface area contributed by atoms with E-state index in [-0.39, 0.29) is 18.2 Å². The molecule has 1 aromatic carbocycles. The molecule has 1 N–H and O–H groups in total. The maximum absolute atomic E-state index is 13.9. The number of rotatable bonds is 4. The highest BCUT2D eigenvalue weighted by Gasteiger charge is 2.19. The summed E-state index contributed by atoms with van der Waals surface area (Å²) in [7, 11) is 0. The third-order valence-corrected chi connectivity index (χ3v) is 4.22. The largest absolute Gasteiger partial charge is 0.316 e. The molecule has 3 aromatic heterocycles. The maximum Gasteiger partial charge on any atom is 0.295 e. The highest BCUT2D eigenvalue weighted by Crippen LogP contribution is 2.21. The Balaban J connectivity index is 1.59. The molecule has 0 saturated heterocycles. The molecule has 1 amide bonds. The number of nitrogens with zero attached hydrogens (tertiary/aromatic N) is 6. The van der Waals surface area contributed by atoms with Crippen LogP contribution in [0.2, 0.25) is 0 Å². The number of aromatic nitrogens is 6. The first-order valence-electron chi connectivity index (χ1n) is 8.29. The van der Waals surface area contributed by atoms with Crippen LogP contribution in [0.25, 0.3) is 5.78 Å². The van der Waals surface area contributed by atoms with Gasteiger partial charge in [0.1, 0.15) is 5.82 Å². The van der Waals surface area contributed by atoms with Gasteiger partial charge in [-0.2, -0.15) is 10.1 Å². The number of hydrogen-bond donors (Lipinski definition) is 1. The number of nitrogens with one attached hydrogen (secondary N) is 1. The summed E-state index contributed by atoms with van der Waals surface area (Å²) in [5.74, 6) is -0.408. The van der Waals surface area contributed by atoms with E-state index in [1.807, 2.05) is 6.92 Å². The molecule has 0 unspecified atom stereocenters. The molecule has 8 nitrogen and oxygen atoms in total. The van der Waals surface area contributed by atoms with Crippen molar-refractivity contribution in [3.05, 3.63) is 71.3 Å². The van der Waals surface area contributed by atoms with Crippen LogP contribution in [0.1, 0.15) is 27.6 Å². The van der Waals surface area contributed by atoms with Crippen molar-refractivity contribution in [2.75, 3.05) is 5.32 Å². The standard InChI is InChI=1S/C18H16FN7O/c1-11-15(12(2)26(23-11)10-13-6-3-4-7-14(13)19)21-17(27)16-22-18-20-8-5-9-25(18)24-16/h3-9H,10H2,1-2H3,(H,21,27). The fourth-order valence-corrected chi connectivity index (χ4v) is 2.82. The summed E-state index contributed by atoms with van der Waals surface area (Å²) in [6.45, 7) is 3.86. The summed E-state index contributed by atoms with van der Waals surface area (Å²) in [6, 6.07) is 8.23. The second-order valence-corrected chi connectivity index (χ2v) is 6.05. The average molecular weight is 365 g/mol. The quantitative estimate of drug-likeness (QED) is 0.600. The van der Waals surface area contributed by atoms with E-state index >= 15 is 0 Å². The summed E-state index contributed by atoms with van der Waals surface area (Å²) in [4.78, 5) is 20.7. The van der Waals surface area contributed by atoms with Crippen molar-refractivity contribution >= 4 is 17.4 Å². The molecule has 0 fully saturated rings. The second-order valence-electron chi connectivity index (χ2n) is 6.05. The molecule has 0 radical (unpaired) electrons. The molecule has 4 rings (SSSR count). The molecule has 0 saturated carbocycles. The van der Waals surface area contributed by atoms with Crippen LogP contribution in [-0.2, 0) is 6.54 Å². The lowest BCUT2D eigenvalue weighted by molar-refractivity contribution is 0.101. The van der Waals surface area contributed by atoms with E-state index in [1.165, 1.54) is 10.6 Å². The van der Waals surface area contributed by atoms with Gasteiger partial charge in [-0.3, -0.25) is 9.48 Å². The van der Waals surface area contributed by atoms with Gasteiger partial charge < -0.3 is 5.32 Å². The van der Waals surface area contributed by atoms with E-state index < -0.39 is 5.91 Å². The van der Waals surface area contributed by atoms with Gasteiger partial charge in [0.05, 0.1) is 23.6 Å². The molecule has 4 aromatic rings. The normalized spacial score (nSPS) is 11.1. The van der Waals surface area contributed by atoms with Crippen LogP contribution in [0, 0.1) is 19.7 Å². The number of carbonyl (C=O) groups is 1. The summed E-state index contributed by atoms with van der Waals surface area (Å²) in [5.41, 5.74) is 2.42. The minimum absolute atomic E-state index is 0.00866. The zero-order valence-electron chi connectivity index (χ0n) is 14.7. The monoisotopic (exact) mass is 365 g/mol. The molecule has 9 heteroatoms. The molecule has 136 valence electrons. The van der Waals surface area contributed by atoms with Gasteiger partial charge in [0.25, 0.3) is 11.7 Å². The fraction of sp³-hybridized carbons (Fsp3) is 0.167. The van der Waals surface area contributed by atoms with Crippen molar-refractivity contribution in [2.45, 2.75) is 20.4 Å². The Bertz CT molecular complexity index is 1110. The fourth-order valence-electron chi connectivity index (χ4n) is 2.82. The Hall–Kier alpha value is -3.62. The second kappa shape index (κ2) is 6.60. The van der Waals surface area contributed by atoms with Gasteiger partial charge in [0.2, 0.25) is 5.82 Å². The van der Waals surface area contributed by atoms with Crippen LogP contribution < -0.4 is 5.32 Å². The first-order valence-corrected chi connectivity index (χ1v) is 8.29. The van der Waals surface area contributed by atoms with E-state index in [2.05, 4.69) is 25.5 Å². The summed E-state index contributed by atoms with van der Waals surface area (Å²) in [6.07, 6.45) is 3.24. The minimum atomic E-state index is -0.461. The molecule has 3 heterocycles. The molecular formula is C18H16FN7O. The van der Waals surface area contributed by atoms with Crippen LogP contribution in [-0.4, -0.2) is 35.3 Å². The van der Waals surface area contributed by atoms with Crippen molar-refractivity contribution in [3.8, 4) is 0 Å². The molecule has 0 atom stereocenters. The van der Waals surface area contributed by atoms with Gasteiger partial charge in [-0.1, -0.05) is 18.2 Å². The number of fused-ring (bicyclic) bond motifs is 1. The first-order chi connectivity index (χ1) is 13.0. The van der Waals surface area contributed by atoms with Gasteiger partial charge in [-0.05, 0) is 26.0 Å². The Morgan fingerprint density at radius 3 is 2.78 bits per heavy atom. The Morgan fingerprint density at radius 1 is 1.19 bits per heavy atom. The SMILES string of the molecule is Cc1nn(Cc2ccccc2F)c(C)c1NC(=O)c1nc2ncccn2n1. The Kier molecular flexibility index (Phi) is 4.11. The van der Waals surface area contributed by atoms with E-state index in [1.54, 1.807) is 48.3 Å². The summed E-state index contributed by atoms with van der Waals surface area (Å²) < 4.78 is 17.0. The molecule has 0 spiro atoms. The van der Waals surface area contributed by atoms with Crippen molar-refractivity contribution in [3.63, 3.8) is 0 Å². The smallest absolute Gasteiger partial charge is 0.295 e. The molecule has 0 aliphatic carbocycles. The zero-order valence-corrected chi connectivity index (χ0v) is 14.7. The van der Waals surface area contributed by atoms with Crippen molar-refractivity contribution in [2.24, 2.45) is 0 Å². The third-order valence-electron chi connectivity index (χ3n) is 4.22. The number of aryl methyl sites for hydroxylation is 1. The Morgan fingerprint density at radius 2 is 2.00 bits per heavy atom. The topological polar surface area (TPSA) is 90.0 Å². The van der Waals surface area contributed by atoms with E-state index in [0.29, 0.717) is 28.4 Å². The predicted molar refractivity (Wildman–Crippen MR) is 95.9 cm³/mol. The lowest BCUT2D eigenvalue weighted by Crippen LogP contribution is -2.15. The van der Waals surface area contributed by atoms with Gasteiger partial charge in [-0.15, -0.1) is 5.10 Å². The molecule has 27 heavy (non-hydrogen) atoms.